The minimum Gasteiger partial charge on any atom is -0.497 e. The molecule has 0 aliphatic rings. The first-order chi connectivity index (χ1) is 13.7. The normalized spacial score (nSPS) is 12.2. The molecule has 5 heteroatoms. The fourth-order valence-electron chi connectivity index (χ4n) is 3.65. The Hall–Kier alpha value is -3.18. The molecule has 0 aliphatic carbocycles. The van der Waals surface area contributed by atoms with E-state index in [4.69, 9.17) is 9.47 Å². The van der Waals surface area contributed by atoms with Crippen molar-refractivity contribution < 1.29 is 14.6 Å². The molecule has 4 rings (SSSR count). The van der Waals surface area contributed by atoms with Crippen LogP contribution in [0.5, 0.6) is 11.5 Å². The molecule has 0 spiro atoms. The summed E-state index contributed by atoms with van der Waals surface area (Å²) in [6, 6.07) is 22.2. The van der Waals surface area contributed by atoms with E-state index in [-0.39, 0.29) is 0 Å². The Morgan fingerprint density at radius 2 is 1.54 bits per heavy atom. The molecule has 4 aromatic rings. The minimum atomic E-state index is -0.564. The maximum atomic E-state index is 10.7. The minimum absolute atomic E-state index is 0.406. The Kier molecular flexibility index (Phi) is 5.08. The van der Waals surface area contributed by atoms with Crippen molar-refractivity contribution >= 4 is 27.5 Å². The SMILES string of the molecule is COc1ccc(NC[C@@H](O)Cn2c3ccccc3c3ccccc32)c(OC)c1. The van der Waals surface area contributed by atoms with Crippen LogP contribution in [0.3, 0.4) is 0 Å². The molecular formula is C23H24N2O3. The van der Waals surface area contributed by atoms with Crippen molar-refractivity contribution in [2.24, 2.45) is 0 Å². The molecule has 1 aromatic heterocycles. The van der Waals surface area contributed by atoms with Gasteiger partial charge in [-0.1, -0.05) is 36.4 Å². The Morgan fingerprint density at radius 3 is 2.14 bits per heavy atom. The van der Waals surface area contributed by atoms with Crippen molar-refractivity contribution in [2.45, 2.75) is 12.6 Å². The summed E-state index contributed by atoms with van der Waals surface area (Å²) in [5.41, 5.74) is 3.08. The van der Waals surface area contributed by atoms with Crippen molar-refractivity contribution in [3.63, 3.8) is 0 Å². The lowest BCUT2D eigenvalue weighted by Crippen LogP contribution is -2.25. The summed E-state index contributed by atoms with van der Waals surface area (Å²) < 4.78 is 12.8. The predicted molar refractivity (Wildman–Crippen MR) is 113 cm³/mol. The molecule has 0 fully saturated rings. The predicted octanol–water partition coefficient (Wildman–Crippen LogP) is 4.28. The quantitative estimate of drug-likeness (QED) is 0.505. The number of methoxy groups -OCH3 is 2. The molecule has 144 valence electrons. The molecule has 0 bridgehead atoms. The third-order valence-corrected chi connectivity index (χ3v) is 5.01. The molecule has 0 saturated heterocycles. The number of hydrogen-bond acceptors (Lipinski definition) is 4. The number of rotatable bonds is 7. The third kappa shape index (κ3) is 3.37. The molecule has 1 atom stereocenters. The fraction of sp³-hybridized carbons (Fsp3) is 0.217. The Bertz CT molecular complexity index is 1050. The van der Waals surface area contributed by atoms with E-state index in [1.54, 1.807) is 14.2 Å². The number of benzene rings is 3. The molecular weight excluding hydrogens is 352 g/mol. The Balaban J connectivity index is 1.55. The van der Waals surface area contributed by atoms with Crippen LogP contribution < -0.4 is 14.8 Å². The molecule has 0 saturated carbocycles. The van der Waals surface area contributed by atoms with Gasteiger partial charge in [-0.3, -0.25) is 0 Å². The molecule has 2 N–H and O–H groups in total. The number of aliphatic hydroxyl groups excluding tert-OH is 1. The second-order valence-electron chi connectivity index (χ2n) is 6.75. The van der Waals surface area contributed by atoms with E-state index in [0.29, 0.717) is 18.8 Å². The van der Waals surface area contributed by atoms with Crippen LogP contribution in [-0.4, -0.2) is 36.5 Å². The van der Waals surface area contributed by atoms with Gasteiger partial charge in [-0.25, -0.2) is 0 Å². The largest absolute Gasteiger partial charge is 0.497 e. The van der Waals surface area contributed by atoms with Crippen LogP contribution in [-0.2, 0) is 6.54 Å². The number of ether oxygens (including phenoxy) is 2. The van der Waals surface area contributed by atoms with E-state index in [1.807, 2.05) is 42.5 Å². The number of nitrogens with one attached hydrogen (secondary N) is 1. The molecule has 28 heavy (non-hydrogen) atoms. The number of para-hydroxylation sites is 2. The summed E-state index contributed by atoms with van der Waals surface area (Å²) in [4.78, 5) is 0. The summed E-state index contributed by atoms with van der Waals surface area (Å²) in [6.07, 6.45) is -0.564. The smallest absolute Gasteiger partial charge is 0.145 e. The van der Waals surface area contributed by atoms with Crippen LogP contribution in [0.25, 0.3) is 21.8 Å². The zero-order chi connectivity index (χ0) is 19.5. The fourth-order valence-corrected chi connectivity index (χ4v) is 3.65. The summed E-state index contributed by atoms with van der Waals surface area (Å²) in [7, 11) is 3.24. The maximum Gasteiger partial charge on any atom is 0.145 e. The first-order valence-electron chi connectivity index (χ1n) is 9.31. The van der Waals surface area contributed by atoms with Gasteiger partial charge < -0.3 is 24.5 Å². The number of aromatic nitrogens is 1. The average Bonchev–Trinajstić information content (AvgIpc) is 3.06. The highest BCUT2D eigenvalue weighted by Gasteiger charge is 2.14. The first-order valence-corrected chi connectivity index (χ1v) is 9.31. The van der Waals surface area contributed by atoms with Crippen molar-refractivity contribution in [2.75, 3.05) is 26.1 Å². The second-order valence-corrected chi connectivity index (χ2v) is 6.75. The van der Waals surface area contributed by atoms with Crippen LogP contribution in [0.2, 0.25) is 0 Å². The molecule has 5 nitrogen and oxygen atoms in total. The first kappa shape index (κ1) is 18.2. The maximum absolute atomic E-state index is 10.7. The van der Waals surface area contributed by atoms with Crippen LogP contribution in [0, 0.1) is 0 Å². The van der Waals surface area contributed by atoms with E-state index in [1.165, 1.54) is 10.8 Å². The lowest BCUT2D eigenvalue weighted by Gasteiger charge is -2.17. The van der Waals surface area contributed by atoms with Crippen LogP contribution in [0.15, 0.2) is 66.7 Å². The van der Waals surface area contributed by atoms with Gasteiger partial charge in [0, 0.05) is 34.4 Å². The van der Waals surface area contributed by atoms with Crippen LogP contribution in [0.1, 0.15) is 0 Å². The van der Waals surface area contributed by atoms with E-state index < -0.39 is 6.10 Å². The number of aliphatic hydroxyl groups is 1. The van der Waals surface area contributed by atoms with E-state index in [2.05, 4.69) is 34.1 Å². The lowest BCUT2D eigenvalue weighted by atomic mass is 10.2. The summed E-state index contributed by atoms with van der Waals surface area (Å²) in [5, 5.41) is 16.4. The van der Waals surface area contributed by atoms with Gasteiger partial charge in [0.25, 0.3) is 0 Å². The highest BCUT2D eigenvalue weighted by Crippen LogP contribution is 2.30. The zero-order valence-corrected chi connectivity index (χ0v) is 16.1. The van der Waals surface area contributed by atoms with Crippen molar-refractivity contribution in [1.29, 1.82) is 0 Å². The molecule has 0 amide bonds. The van der Waals surface area contributed by atoms with E-state index in [9.17, 15) is 5.11 Å². The number of fused-ring (bicyclic) bond motifs is 3. The molecule has 1 heterocycles. The van der Waals surface area contributed by atoms with Gasteiger partial charge in [-0.05, 0) is 24.3 Å². The number of nitrogens with zero attached hydrogens (tertiary/aromatic N) is 1. The second kappa shape index (κ2) is 7.82. The summed E-state index contributed by atoms with van der Waals surface area (Å²) in [5.74, 6) is 1.41. The van der Waals surface area contributed by atoms with E-state index >= 15 is 0 Å². The number of hydrogen-bond donors (Lipinski definition) is 2. The van der Waals surface area contributed by atoms with Crippen LogP contribution in [0.4, 0.5) is 5.69 Å². The summed E-state index contributed by atoms with van der Waals surface area (Å²) >= 11 is 0. The summed E-state index contributed by atoms with van der Waals surface area (Å²) in [6.45, 7) is 0.906. The van der Waals surface area contributed by atoms with Gasteiger partial charge in [0.1, 0.15) is 11.5 Å². The zero-order valence-electron chi connectivity index (χ0n) is 16.1. The van der Waals surface area contributed by atoms with Crippen molar-refractivity contribution in [1.82, 2.24) is 4.57 Å². The highest BCUT2D eigenvalue weighted by molar-refractivity contribution is 6.07. The molecule has 3 aromatic carbocycles. The Morgan fingerprint density at radius 1 is 0.893 bits per heavy atom. The van der Waals surface area contributed by atoms with Gasteiger partial charge >= 0.3 is 0 Å². The van der Waals surface area contributed by atoms with E-state index in [0.717, 1.165) is 22.5 Å². The Labute approximate surface area is 164 Å². The average molecular weight is 376 g/mol. The third-order valence-electron chi connectivity index (χ3n) is 5.01. The van der Waals surface area contributed by atoms with Gasteiger partial charge in [-0.15, -0.1) is 0 Å². The number of anilines is 1. The standard InChI is InChI=1S/C23H24N2O3/c1-27-17-11-12-20(23(13-17)28-2)24-14-16(26)15-25-21-9-5-3-7-18(21)19-8-4-6-10-22(19)25/h3-13,16,24,26H,14-15H2,1-2H3/t16-/m1/s1. The molecule has 0 aliphatic heterocycles. The van der Waals surface area contributed by atoms with Gasteiger partial charge in [-0.2, -0.15) is 0 Å². The van der Waals surface area contributed by atoms with Gasteiger partial charge in [0.05, 0.1) is 32.6 Å². The monoisotopic (exact) mass is 376 g/mol. The van der Waals surface area contributed by atoms with Crippen molar-refractivity contribution in [3.8, 4) is 11.5 Å². The van der Waals surface area contributed by atoms with Gasteiger partial charge in [0.15, 0.2) is 0 Å². The molecule has 0 unspecified atom stereocenters. The topological polar surface area (TPSA) is 55.6 Å². The van der Waals surface area contributed by atoms with Crippen molar-refractivity contribution in [3.05, 3.63) is 66.7 Å². The molecule has 0 radical (unpaired) electrons. The lowest BCUT2D eigenvalue weighted by molar-refractivity contribution is 0.169. The van der Waals surface area contributed by atoms with Crippen LogP contribution >= 0.6 is 0 Å². The van der Waals surface area contributed by atoms with Gasteiger partial charge in [0.2, 0.25) is 0 Å². The highest BCUT2D eigenvalue weighted by atomic mass is 16.5.